The van der Waals surface area contributed by atoms with Crippen molar-refractivity contribution in [3.05, 3.63) is 17.7 Å². The van der Waals surface area contributed by atoms with Crippen molar-refractivity contribution < 1.29 is 14.4 Å². The maximum absolute atomic E-state index is 12.2. The van der Waals surface area contributed by atoms with Crippen LogP contribution in [0.15, 0.2) is 11.3 Å². The van der Waals surface area contributed by atoms with Gasteiger partial charge in [0.05, 0.1) is 6.20 Å². The average molecular weight is 394 g/mol. The molecule has 1 aromatic rings. The van der Waals surface area contributed by atoms with E-state index in [1.807, 2.05) is 0 Å². The summed E-state index contributed by atoms with van der Waals surface area (Å²) in [5.41, 5.74) is 3.39. The van der Waals surface area contributed by atoms with Gasteiger partial charge in [0.1, 0.15) is 11.5 Å². The van der Waals surface area contributed by atoms with Crippen LogP contribution in [0.25, 0.3) is 0 Å². The van der Waals surface area contributed by atoms with Crippen molar-refractivity contribution in [2.24, 2.45) is 5.10 Å². The van der Waals surface area contributed by atoms with Crippen LogP contribution in [0.1, 0.15) is 87.4 Å². The number of rotatable bonds is 11. The third kappa shape index (κ3) is 6.91. The molecule has 1 saturated heterocycles. The summed E-state index contributed by atoms with van der Waals surface area (Å²) in [6.07, 6.45) is 11.7. The summed E-state index contributed by atoms with van der Waals surface area (Å²) in [6, 6.07) is 0.239. The van der Waals surface area contributed by atoms with Gasteiger partial charge in [-0.15, -0.1) is 5.10 Å². The average Bonchev–Trinajstić information content (AvgIpc) is 2.93. The number of unbranched alkanes of at least 4 members (excludes halogenated alkanes) is 3. The number of aromatic nitrogens is 2. The van der Waals surface area contributed by atoms with E-state index in [0.29, 0.717) is 12.3 Å². The molecule has 2 heterocycles. The van der Waals surface area contributed by atoms with Gasteiger partial charge in [-0.05, 0) is 32.6 Å². The predicted octanol–water partition coefficient (Wildman–Crippen LogP) is 3.20. The number of hydrogen-bond acceptors (Lipinski definition) is 6. The van der Waals surface area contributed by atoms with Crippen molar-refractivity contribution in [2.45, 2.75) is 77.2 Å². The summed E-state index contributed by atoms with van der Waals surface area (Å²) in [6.45, 7) is 5.76. The van der Waals surface area contributed by atoms with Gasteiger partial charge in [0.2, 0.25) is 6.40 Å². The summed E-state index contributed by atoms with van der Waals surface area (Å²) < 4.78 is 7.13. The maximum Gasteiger partial charge on any atom is 0.271 e. The number of ether oxygens (including phenoxy) is 1. The normalized spacial score (nSPS) is 18.8. The Morgan fingerprint density at radius 1 is 1.43 bits per heavy atom. The van der Waals surface area contributed by atoms with Gasteiger partial charge in [0.25, 0.3) is 5.91 Å². The van der Waals surface area contributed by atoms with Crippen LogP contribution in [0, 0.1) is 0 Å². The molecule has 1 aliphatic heterocycles. The van der Waals surface area contributed by atoms with E-state index in [9.17, 15) is 4.79 Å². The lowest BCUT2D eigenvalue weighted by Crippen LogP contribution is -2.26. The molecule has 2 N–H and O–H groups in total. The van der Waals surface area contributed by atoms with Crippen LogP contribution in [-0.2, 0) is 9.57 Å². The Bertz CT molecular complexity index is 609. The van der Waals surface area contributed by atoms with Crippen molar-refractivity contribution >= 4 is 12.3 Å². The number of carbonyl (C=O) groups is 1. The Balaban J connectivity index is 1.98. The van der Waals surface area contributed by atoms with Crippen LogP contribution in [0.5, 0.6) is 0 Å². The first-order valence-corrected chi connectivity index (χ1v) is 10.5. The molecular formula is C20H35N5O3. The van der Waals surface area contributed by atoms with Crippen molar-refractivity contribution in [2.75, 3.05) is 20.3 Å². The first-order valence-electron chi connectivity index (χ1n) is 10.5. The highest BCUT2D eigenvalue weighted by molar-refractivity contribution is 5.92. The van der Waals surface area contributed by atoms with Crippen LogP contribution < -0.4 is 10.8 Å². The largest absolute Gasteiger partial charge is 0.395 e. The van der Waals surface area contributed by atoms with E-state index < -0.39 is 0 Å². The standard InChI is InChI=1S/C20H35N5O3/c1-4-5-6-7-9-16(2)24-28-15-23-25-18(20(26)21-3)14-22-19(25)17-10-8-12-27-13-11-17/h14-17,24H,4-13H2,1-3H3,(H,21,26)/b23-15+. The molecule has 2 unspecified atom stereocenters. The zero-order valence-electron chi connectivity index (χ0n) is 17.4. The number of hydroxylamine groups is 1. The van der Waals surface area contributed by atoms with Gasteiger partial charge in [-0.3, -0.25) is 4.79 Å². The van der Waals surface area contributed by atoms with Crippen molar-refractivity contribution in [1.82, 2.24) is 20.5 Å². The lowest BCUT2D eigenvalue weighted by molar-refractivity contribution is 0.0954. The Kier molecular flexibility index (Phi) is 9.99. The minimum absolute atomic E-state index is 0.212. The van der Waals surface area contributed by atoms with E-state index in [-0.39, 0.29) is 17.9 Å². The second-order valence-electron chi connectivity index (χ2n) is 7.34. The molecule has 28 heavy (non-hydrogen) atoms. The van der Waals surface area contributed by atoms with Gasteiger partial charge in [-0.25, -0.2) is 9.66 Å². The molecule has 0 radical (unpaired) electrons. The molecule has 0 aromatic carbocycles. The second kappa shape index (κ2) is 12.5. The van der Waals surface area contributed by atoms with E-state index in [2.05, 4.69) is 34.7 Å². The Morgan fingerprint density at radius 3 is 3.07 bits per heavy atom. The van der Waals surface area contributed by atoms with E-state index in [1.165, 1.54) is 32.1 Å². The summed E-state index contributed by atoms with van der Waals surface area (Å²) in [5.74, 6) is 0.762. The summed E-state index contributed by atoms with van der Waals surface area (Å²) in [7, 11) is 1.60. The fourth-order valence-corrected chi connectivity index (χ4v) is 3.36. The smallest absolute Gasteiger partial charge is 0.271 e. The quantitative estimate of drug-likeness (QED) is 0.261. The van der Waals surface area contributed by atoms with Crippen molar-refractivity contribution in [3.63, 3.8) is 0 Å². The molecule has 2 atom stereocenters. The molecule has 2 rings (SSSR count). The van der Waals surface area contributed by atoms with Gasteiger partial charge in [0, 0.05) is 32.2 Å². The van der Waals surface area contributed by atoms with Crippen molar-refractivity contribution in [3.8, 4) is 0 Å². The topological polar surface area (TPSA) is 89.8 Å². The predicted molar refractivity (Wildman–Crippen MR) is 109 cm³/mol. The fraction of sp³-hybridized carbons (Fsp3) is 0.750. The minimum Gasteiger partial charge on any atom is -0.395 e. The van der Waals surface area contributed by atoms with E-state index in [4.69, 9.17) is 9.57 Å². The SMILES string of the molecule is CCCCCCC(C)NO/C=N/n1c(C(=O)NC)cnc1C1CCCOCC1. The van der Waals surface area contributed by atoms with Crippen LogP contribution >= 0.6 is 0 Å². The molecule has 1 aliphatic rings. The highest BCUT2D eigenvalue weighted by Crippen LogP contribution is 2.27. The maximum atomic E-state index is 12.2. The minimum atomic E-state index is -0.224. The number of carbonyl (C=O) groups excluding carboxylic acids is 1. The van der Waals surface area contributed by atoms with Gasteiger partial charge in [0.15, 0.2) is 0 Å². The molecule has 1 fully saturated rings. The monoisotopic (exact) mass is 393 g/mol. The van der Waals surface area contributed by atoms with Gasteiger partial charge >= 0.3 is 0 Å². The third-order valence-electron chi connectivity index (χ3n) is 5.02. The number of amides is 1. The zero-order chi connectivity index (χ0) is 20.2. The van der Waals surface area contributed by atoms with E-state index >= 15 is 0 Å². The molecule has 1 amide bonds. The van der Waals surface area contributed by atoms with Gasteiger partial charge < -0.3 is 14.9 Å². The lowest BCUT2D eigenvalue weighted by Gasteiger charge is -2.14. The number of nitrogens with zero attached hydrogens (tertiary/aromatic N) is 3. The van der Waals surface area contributed by atoms with Gasteiger partial charge in [-0.1, -0.05) is 32.6 Å². The second-order valence-corrected chi connectivity index (χ2v) is 7.34. The number of hydrogen-bond donors (Lipinski definition) is 2. The first-order chi connectivity index (χ1) is 13.7. The van der Waals surface area contributed by atoms with Crippen LogP contribution in [-0.4, -0.2) is 48.3 Å². The Morgan fingerprint density at radius 2 is 2.29 bits per heavy atom. The van der Waals surface area contributed by atoms with Crippen molar-refractivity contribution in [1.29, 1.82) is 0 Å². The van der Waals surface area contributed by atoms with Gasteiger partial charge in [-0.2, -0.15) is 5.48 Å². The molecule has 0 bridgehead atoms. The Hall–Kier alpha value is -1.93. The number of imidazole rings is 1. The summed E-state index contributed by atoms with van der Waals surface area (Å²) in [4.78, 5) is 22.1. The molecule has 158 valence electrons. The highest BCUT2D eigenvalue weighted by atomic mass is 16.6. The molecule has 8 heteroatoms. The zero-order valence-corrected chi connectivity index (χ0v) is 17.4. The summed E-state index contributed by atoms with van der Waals surface area (Å²) in [5, 5.41) is 7.00. The molecular weight excluding hydrogens is 358 g/mol. The third-order valence-corrected chi connectivity index (χ3v) is 5.02. The first kappa shape index (κ1) is 22.4. The fourth-order valence-electron chi connectivity index (χ4n) is 3.36. The lowest BCUT2D eigenvalue weighted by atomic mass is 10.0. The van der Waals surface area contributed by atoms with Crippen LogP contribution in [0.4, 0.5) is 0 Å². The van der Waals surface area contributed by atoms with Crippen LogP contribution in [0.2, 0.25) is 0 Å². The molecule has 1 aromatic heterocycles. The number of nitrogens with one attached hydrogen (secondary N) is 2. The molecule has 8 nitrogen and oxygen atoms in total. The molecule has 0 spiro atoms. The van der Waals surface area contributed by atoms with E-state index in [0.717, 1.165) is 38.1 Å². The summed E-state index contributed by atoms with van der Waals surface area (Å²) >= 11 is 0. The molecule has 0 saturated carbocycles. The molecule has 0 aliphatic carbocycles. The van der Waals surface area contributed by atoms with Crippen LogP contribution in [0.3, 0.4) is 0 Å². The van der Waals surface area contributed by atoms with E-state index in [1.54, 1.807) is 17.9 Å². The highest BCUT2D eigenvalue weighted by Gasteiger charge is 2.23. The Labute approximate surface area is 168 Å².